The van der Waals surface area contributed by atoms with E-state index in [2.05, 4.69) is 15.2 Å². The minimum atomic E-state index is -0.577. The zero-order valence-corrected chi connectivity index (χ0v) is 9.67. The third-order valence-electron chi connectivity index (χ3n) is 2.44. The summed E-state index contributed by atoms with van der Waals surface area (Å²) >= 11 is 0. The minimum absolute atomic E-state index is 0.220. The molecule has 0 fully saturated rings. The van der Waals surface area contributed by atoms with Gasteiger partial charge in [-0.3, -0.25) is 5.10 Å². The van der Waals surface area contributed by atoms with Gasteiger partial charge < -0.3 is 0 Å². The standard InChI is InChI=1S/C12H13F2N3/c1-7(2)12-15-11(16-17-12)5-8-3-4-9(13)6-10(8)14/h3-4,6-7H,5H2,1-2H3,(H,15,16,17). The summed E-state index contributed by atoms with van der Waals surface area (Å²) in [4.78, 5) is 4.24. The van der Waals surface area contributed by atoms with E-state index in [1.807, 2.05) is 13.8 Å². The Hall–Kier alpha value is -1.78. The molecule has 0 aliphatic carbocycles. The van der Waals surface area contributed by atoms with Gasteiger partial charge in [0.15, 0.2) is 5.82 Å². The number of nitrogens with zero attached hydrogens (tertiary/aromatic N) is 2. The summed E-state index contributed by atoms with van der Waals surface area (Å²) in [6.07, 6.45) is 0.284. The zero-order chi connectivity index (χ0) is 12.4. The molecule has 2 rings (SSSR count). The van der Waals surface area contributed by atoms with Crippen LogP contribution in [-0.4, -0.2) is 15.2 Å². The van der Waals surface area contributed by atoms with Gasteiger partial charge in [-0.1, -0.05) is 19.9 Å². The first-order valence-corrected chi connectivity index (χ1v) is 5.41. The molecule has 1 heterocycles. The van der Waals surface area contributed by atoms with Gasteiger partial charge >= 0.3 is 0 Å². The van der Waals surface area contributed by atoms with Gasteiger partial charge in [0.05, 0.1) is 0 Å². The predicted octanol–water partition coefficient (Wildman–Crippen LogP) is 2.80. The zero-order valence-electron chi connectivity index (χ0n) is 9.67. The highest BCUT2D eigenvalue weighted by Crippen LogP contribution is 2.14. The number of benzene rings is 1. The van der Waals surface area contributed by atoms with Crippen molar-refractivity contribution in [3.63, 3.8) is 0 Å². The number of H-pyrrole nitrogens is 1. The van der Waals surface area contributed by atoms with Gasteiger partial charge in [0.1, 0.15) is 17.5 Å². The summed E-state index contributed by atoms with van der Waals surface area (Å²) in [6.45, 7) is 3.96. The topological polar surface area (TPSA) is 41.6 Å². The maximum Gasteiger partial charge on any atom is 0.153 e. The fraction of sp³-hybridized carbons (Fsp3) is 0.333. The molecule has 0 saturated heterocycles. The van der Waals surface area contributed by atoms with E-state index in [1.165, 1.54) is 12.1 Å². The molecule has 1 aromatic carbocycles. The van der Waals surface area contributed by atoms with Crippen molar-refractivity contribution in [3.8, 4) is 0 Å². The second kappa shape index (κ2) is 4.61. The lowest BCUT2D eigenvalue weighted by Crippen LogP contribution is -1.96. The first-order valence-electron chi connectivity index (χ1n) is 5.41. The summed E-state index contributed by atoms with van der Waals surface area (Å²) in [5.74, 6) is 0.360. The predicted molar refractivity (Wildman–Crippen MR) is 59.6 cm³/mol. The van der Waals surface area contributed by atoms with E-state index in [1.54, 1.807) is 0 Å². The average molecular weight is 237 g/mol. The number of hydrogen-bond donors (Lipinski definition) is 1. The van der Waals surface area contributed by atoms with Gasteiger partial charge in [0.25, 0.3) is 0 Å². The fourth-order valence-electron chi connectivity index (χ4n) is 1.49. The van der Waals surface area contributed by atoms with E-state index in [0.29, 0.717) is 17.2 Å². The molecule has 90 valence electrons. The van der Waals surface area contributed by atoms with Crippen LogP contribution in [-0.2, 0) is 6.42 Å². The van der Waals surface area contributed by atoms with Crippen molar-refractivity contribution < 1.29 is 8.78 Å². The van der Waals surface area contributed by atoms with Crippen molar-refractivity contribution in [1.82, 2.24) is 15.2 Å². The SMILES string of the molecule is CC(C)c1n[nH]c(Cc2ccc(F)cc2F)n1. The van der Waals surface area contributed by atoms with Gasteiger partial charge in [0, 0.05) is 18.4 Å². The monoisotopic (exact) mass is 237 g/mol. The number of nitrogens with one attached hydrogen (secondary N) is 1. The lowest BCUT2D eigenvalue weighted by atomic mass is 10.1. The van der Waals surface area contributed by atoms with Gasteiger partial charge in [-0.2, -0.15) is 5.10 Å². The van der Waals surface area contributed by atoms with Crippen LogP contribution in [0.1, 0.15) is 37.0 Å². The van der Waals surface area contributed by atoms with Crippen LogP contribution in [0, 0.1) is 11.6 Å². The van der Waals surface area contributed by atoms with E-state index in [0.717, 1.165) is 6.07 Å². The van der Waals surface area contributed by atoms with Crippen LogP contribution in [0.4, 0.5) is 8.78 Å². The number of hydrogen-bond acceptors (Lipinski definition) is 2. The first-order chi connectivity index (χ1) is 8.06. The Kier molecular flexibility index (Phi) is 3.17. The molecule has 5 heteroatoms. The summed E-state index contributed by atoms with van der Waals surface area (Å²) in [6, 6.07) is 3.52. The Balaban J connectivity index is 2.19. The molecule has 3 nitrogen and oxygen atoms in total. The molecule has 0 aliphatic heterocycles. The third-order valence-corrected chi connectivity index (χ3v) is 2.44. The van der Waals surface area contributed by atoms with Gasteiger partial charge in [-0.25, -0.2) is 13.8 Å². The molecular weight excluding hydrogens is 224 g/mol. The molecule has 0 saturated carbocycles. The second-order valence-corrected chi connectivity index (χ2v) is 4.21. The van der Waals surface area contributed by atoms with Crippen molar-refractivity contribution in [3.05, 3.63) is 47.0 Å². The molecular formula is C12H13F2N3. The number of aromatic nitrogens is 3. The largest absolute Gasteiger partial charge is 0.263 e. The maximum absolute atomic E-state index is 13.4. The summed E-state index contributed by atoms with van der Waals surface area (Å²) in [5.41, 5.74) is 0.401. The Morgan fingerprint density at radius 1 is 1.29 bits per heavy atom. The lowest BCUT2D eigenvalue weighted by molar-refractivity contribution is 0.573. The Morgan fingerprint density at radius 2 is 2.06 bits per heavy atom. The molecule has 0 aliphatic rings. The average Bonchev–Trinajstić information content (AvgIpc) is 2.71. The van der Waals surface area contributed by atoms with Crippen LogP contribution in [0.2, 0.25) is 0 Å². The third kappa shape index (κ3) is 2.67. The highest BCUT2D eigenvalue weighted by atomic mass is 19.1. The van der Waals surface area contributed by atoms with Gasteiger partial charge in [0.2, 0.25) is 0 Å². The van der Waals surface area contributed by atoms with Crippen molar-refractivity contribution in [2.24, 2.45) is 0 Å². The van der Waals surface area contributed by atoms with Crippen LogP contribution >= 0.6 is 0 Å². The minimum Gasteiger partial charge on any atom is -0.263 e. The van der Waals surface area contributed by atoms with Crippen molar-refractivity contribution >= 4 is 0 Å². The summed E-state index contributed by atoms with van der Waals surface area (Å²) in [7, 11) is 0. The van der Waals surface area contributed by atoms with Crippen LogP contribution in [0.25, 0.3) is 0 Å². The van der Waals surface area contributed by atoms with E-state index in [4.69, 9.17) is 0 Å². The molecule has 0 atom stereocenters. The van der Waals surface area contributed by atoms with E-state index in [-0.39, 0.29) is 12.3 Å². The van der Waals surface area contributed by atoms with E-state index < -0.39 is 11.6 Å². The Morgan fingerprint density at radius 3 is 2.65 bits per heavy atom. The molecule has 1 aromatic heterocycles. The van der Waals surface area contributed by atoms with Crippen molar-refractivity contribution in [1.29, 1.82) is 0 Å². The summed E-state index contributed by atoms with van der Waals surface area (Å²) < 4.78 is 26.1. The lowest BCUT2D eigenvalue weighted by Gasteiger charge is -2.00. The Labute approximate surface area is 97.9 Å². The first kappa shape index (κ1) is 11.7. The van der Waals surface area contributed by atoms with Crippen LogP contribution < -0.4 is 0 Å². The highest BCUT2D eigenvalue weighted by Gasteiger charge is 2.10. The van der Waals surface area contributed by atoms with Gasteiger partial charge in [-0.15, -0.1) is 0 Å². The smallest absolute Gasteiger partial charge is 0.153 e. The number of halogens is 2. The molecule has 0 unspecified atom stereocenters. The van der Waals surface area contributed by atoms with Crippen molar-refractivity contribution in [2.45, 2.75) is 26.2 Å². The van der Waals surface area contributed by atoms with Crippen LogP contribution in [0.15, 0.2) is 18.2 Å². The van der Waals surface area contributed by atoms with Crippen molar-refractivity contribution in [2.75, 3.05) is 0 Å². The molecule has 2 aromatic rings. The molecule has 0 spiro atoms. The maximum atomic E-state index is 13.4. The quantitative estimate of drug-likeness (QED) is 0.891. The fourth-order valence-corrected chi connectivity index (χ4v) is 1.49. The number of aromatic amines is 1. The second-order valence-electron chi connectivity index (χ2n) is 4.21. The van der Waals surface area contributed by atoms with E-state index in [9.17, 15) is 8.78 Å². The molecule has 0 amide bonds. The molecule has 0 bridgehead atoms. The van der Waals surface area contributed by atoms with Crippen LogP contribution in [0.5, 0.6) is 0 Å². The highest BCUT2D eigenvalue weighted by molar-refractivity contribution is 5.21. The van der Waals surface area contributed by atoms with E-state index >= 15 is 0 Å². The Bertz CT molecular complexity index is 520. The normalized spacial score (nSPS) is 11.1. The molecule has 1 N–H and O–H groups in total. The molecule has 17 heavy (non-hydrogen) atoms. The molecule has 0 radical (unpaired) electrons. The van der Waals surface area contributed by atoms with Gasteiger partial charge in [-0.05, 0) is 11.6 Å². The van der Waals surface area contributed by atoms with Crippen LogP contribution in [0.3, 0.4) is 0 Å². The number of rotatable bonds is 3. The summed E-state index contributed by atoms with van der Waals surface area (Å²) in [5, 5.41) is 6.78.